The minimum absolute atomic E-state index is 0.110. The van der Waals surface area contributed by atoms with Crippen LogP contribution in [0.2, 0.25) is 0 Å². The summed E-state index contributed by atoms with van der Waals surface area (Å²) < 4.78 is 16.8. The predicted octanol–water partition coefficient (Wildman–Crippen LogP) is 21.3. The Morgan fingerprint density at radius 1 is 0.284 bits per heavy atom. The molecule has 0 spiro atoms. The fourth-order valence-corrected chi connectivity index (χ4v) is 8.64. The lowest BCUT2D eigenvalue weighted by Crippen LogP contribution is -2.30. The van der Waals surface area contributed by atoms with Crippen molar-refractivity contribution in [3.05, 3.63) is 97.2 Å². The summed E-state index contributed by atoms with van der Waals surface area (Å²) in [5.41, 5.74) is 0. The van der Waals surface area contributed by atoms with Crippen LogP contribution in [-0.4, -0.2) is 37.2 Å². The zero-order valence-electron chi connectivity index (χ0n) is 48.6. The molecule has 0 aliphatic heterocycles. The van der Waals surface area contributed by atoms with Crippen LogP contribution in [0.25, 0.3) is 0 Å². The fraction of sp³-hybridized carbons (Fsp3) is 0.721. The summed E-state index contributed by atoms with van der Waals surface area (Å²) in [4.78, 5) is 38.2. The maximum atomic E-state index is 12.9. The molecule has 0 saturated carbocycles. The predicted molar refractivity (Wildman–Crippen MR) is 320 cm³/mol. The number of esters is 3. The van der Waals surface area contributed by atoms with Gasteiger partial charge in [0.1, 0.15) is 13.2 Å². The second-order valence-electron chi connectivity index (χ2n) is 20.6. The van der Waals surface area contributed by atoms with Crippen molar-refractivity contribution in [2.45, 2.75) is 303 Å². The summed E-state index contributed by atoms with van der Waals surface area (Å²) in [5.74, 6) is -0.997. The van der Waals surface area contributed by atoms with Crippen molar-refractivity contribution in [3.63, 3.8) is 0 Å². The van der Waals surface area contributed by atoms with Gasteiger partial charge in [-0.2, -0.15) is 0 Å². The zero-order chi connectivity index (χ0) is 53.6. The van der Waals surface area contributed by atoms with E-state index in [-0.39, 0.29) is 31.6 Å². The van der Waals surface area contributed by atoms with Gasteiger partial charge in [0.05, 0.1) is 0 Å². The molecule has 0 heterocycles. The lowest BCUT2D eigenvalue weighted by atomic mass is 10.0. The van der Waals surface area contributed by atoms with Crippen molar-refractivity contribution >= 4 is 17.9 Å². The van der Waals surface area contributed by atoms with Gasteiger partial charge in [0.2, 0.25) is 0 Å². The summed E-state index contributed by atoms with van der Waals surface area (Å²) >= 11 is 0. The lowest BCUT2D eigenvalue weighted by Gasteiger charge is -2.18. The standard InChI is InChI=1S/C68H116O6/c1-4-7-10-13-16-19-22-25-28-30-32-33-34-35-37-38-40-43-46-49-52-55-58-61-67(70)73-64-65(63-72-66(69)60-57-54-51-48-45-42-27-24-21-18-15-12-9-6-3)74-68(71)62-59-56-53-50-47-44-41-39-36-31-29-26-23-20-17-14-11-8-5-2/h8,11,17,20,24,26-27,29-30,32,36,39,44,47,53,56,65H,4-7,9-10,12-16,18-19,21-23,25,28,31,33-35,37-38,40-43,45-46,48-52,54-55,57-64H2,1-3H3/b11-8-,20-17-,27-24-,29-26-,32-30-,39-36-,47-44-,56-53-. The first-order valence-electron chi connectivity index (χ1n) is 31.2. The molecule has 0 saturated heterocycles. The topological polar surface area (TPSA) is 78.9 Å². The van der Waals surface area contributed by atoms with E-state index in [4.69, 9.17) is 14.2 Å². The van der Waals surface area contributed by atoms with Crippen molar-refractivity contribution in [2.24, 2.45) is 0 Å². The SMILES string of the molecule is CC/C=C\C/C=C\C/C=C\C/C=C\C/C=C\C/C=C\CCC(=O)OC(COC(=O)CCCCCCC/C=C\CCCCCCC)COC(=O)CCCCCCCCCCCCC/C=C\CCCCCCCCCC. The van der Waals surface area contributed by atoms with Crippen molar-refractivity contribution in [3.8, 4) is 0 Å². The van der Waals surface area contributed by atoms with Gasteiger partial charge in [-0.15, -0.1) is 0 Å². The molecule has 0 N–H and O–H groups in total. The average Bonchev–Trinajstić information content (AvgIpc) is 3.40. The molecule has 0 aromatic rings. The Morgan fingerprint density at radius 2 is 0.554 bits per heavy atom. The first-order chi connectivity index (χ1) is 36.5. The third-order valence-corrected chi connectivity index (χ3v) is 13.3. The Hall–Kier alpha value is -3.67. The number of hydrogen-bond acceptors (Lipinski definition) is 6. The molecule has 0 aromatic carbocycles. The maximum Gasteiger partial charge on any atom is 0.306 e. The van der Waals surface area contributed by atoms with E-state index >= 15 is 0 Å². The first kappa shape index (κ1) is 70.3. The normalized spacial score (nSPS) is 12.7. The second-order valence-corrected chi connectivity index (χ2v) is 20.6. The largest absolute Gasteiger partial charge is 0.462 e. The van der Waals surface area contributed by atoms with E-state index in [1.807, 2.05) is 6.08 Å². The monoisotopic (exact) mass is 1030 g/mol. The van der Waals surface area contributed by atoms with Gasteiger partial charge in [0, 0.05) is 19.3 Å². The lowest BCUT2D eigenvalue weighted by molar-refractivity contribution is -0.166. The van der Waals surface area contributed by atoms with Crippen molar-refractivity contribution in [1.82, 2.24) is 0 Å². The van der Waals surface area contributed by atoms with E-state index in [0.717, 1.165) is 89.9 Å². The number of ether oxygens (including phenoxy) is 3. The van der Waals surface area contributed by atoms with Gasteiger partial charge in [0.25, 0.3) is 0 Å². The van der Waals surface area contributed by atoms with Crippen LogP contribution in [0.15, 0.2) is 97.2 Å². The maximum absolute atomic E-state index is 12.9. The number of unbranched alkanes of at least 4 members (excludes halogenated alkanes) is 29. The van der Waals surface area contributed by atoms with E-state index in [1.54, 1.807) is 0 Å². The Labute approximate surface area is 457 Å². The molecule has 0 rings (SSSR count). The van der Waals surface area contributed by atoms with Crippen LogP contribution in [0.1, 0.15) is 297 Å². The molecule has 0 aromatic heterocycles. The van der Waals surface area contributed by atoms with Crippen molar-refractivity contribution in [2.75, 3.05) is 13.2 Å². The number of rotatable bonds is 56. The summed E-state index contributed by atoms with van der Waals surface area (Å²) in [5, 5.41) is 0. The number of carbonyl (C=O) groups excluding carboxylic acids is 3. The Bertz CT molecular complexity index is 1460. The average molecular weight is 1030 g/mol. The summed E-state index contributed by atoms with van der Waals surface area (Å²) in [6, 6.07) is 0. The van der Waals surface area contributed by atoms with E-state index < -0.39 is 12.1 Å². The molecular formula is C68H116O6. The van der Waals surface area contributed by atoms with Gasteiger partial charge in [-0.3, -0.25) is 14.4 Å². The van der Waals surface area contributed by atoms with Crippen LogP contribution in [0.5, 0.6) is 0 Å². The Kier molecular flexibility index (Phi) is 58.8. The van der Waals surface area contributed by atoms with Gasteiger partial charge < -0.3 is 14.2 Å². The molecule has 0 fully saturated rings. The summed E-state index contributed by atoms with van der Waals surface area (Å²) in [6.45, 7) is 6.47. The number of allylic oxidation sites excluding steroid dienone is 16. The zero-order valence-corrected chi connectivity index (χ0v) is 48.6. The van der Waals surface area contributed by atoms with Gasteiger partial charge in [0.15, 0.2) is 6.10 Å². The van der Waals surface area contributed by atoms with Crippen LogP contribution in [0, 0.1) is 0 Å². The smallest absolute Gasteiger partial charge is 0.306 e. The van der Waals surface area contributed by atoms with Crippen LogP contribution in [0.3, 0.4) is 0 Å². The Morgan fingerprint density at radius 3 is 0.878 bits per heavy atom. The van der Waals surface area contributed by atoms with E-state index in [1.165, 1.54) is 161 Å². The molecule has 1 atom stereocenters. The molecule has 0 aliphatic carbocycles. The molecule has 0 bridgehead atoms. The molecular weight excluding hydrogens is 913 g/mol. The van der Waals surface area contributed by atoms with Gasteiger partial charge in [-0.25, -0.2) is 0 Å². The van der Waals surface area contributed by atoms with E-state index in [2.05, 4.69) is 112 Å². The summed E-state index contributed by atoms with van der Waals surface area (Å²) in [6.07, 6.45) is 82.8. The van der Waals surface area contributed by atoms with Crippen LogP contribution >= 0.6 is 0 Å². The highest BCUT2D eigenvalue weighted by molar-refractivity contribution is 5.71. The number of hydrogen-bond donors (Lipinski definition) is 0. The van der Waals surface area contributed by atoms with Crippen molar-refractivity contribution in [1.29, 1.82) is 0 Å². The molecule has 0 radical (unpaired) electrons. The van der Waals surface area contributed by atoms with Gasteiger partial charge >= 0.3 is 17.9 Å². The van der Waals surface area contributed by atoms with Crippen LogP contribution in [-0.2, 0) is 28.6 Å². The number of carbonyl (C=O) groups is 3. The minimum atomic E-state index is -0.823. The highest BCUT2D eigenvalue weighted by Crippen LogP contribution is 2.15. The van der Waals surface area contributed by atoms with Gasteiger partial charge in [-0.05, 0) is 109 Å². The molecule has 6 nitrogen and oxygen atoms in total. The first-order valence-corrected chi connectivity index (χ1v) is 31.2. The highest BCUT2D eigenvalue weighted by atomic mass is 16.6. The molecule has 6 heteroatoms. The molecule has 0 aliphatic rings. The fourth-order valence-electron chi connectivity index (χ4n) is 8.64. The molecule has 0 amide bonds. The third-order valence-electron chi connectivity index (χ3n) is 13.3. The van der Waals surface area contributed by atoms with E-state index in [0.29, 0.717) is 19.3 Å². The Balaban J connectivity index is 4.43. The minimum Gasteiger partial charge on any atom is -0.462 e. The molecule has 1 unspecified atom stereocenters. The molecule has 74 heavy (non-hydrogen) atoms. The van der Waals surface area contributed by atoms with Crippen molar-refractivity contribution < 1.29 is 28.6 Å². The quantitative estimate of drug-likeness (QED) is 0.0261. The van der Waals surface area contributed by atoms with Crippen LogP contribution < -0.4 is 0 Å². The third kappa shape index (κ3) is 59.2. The van der Waals surface area contributed by atoms with Gasteiger partial charge in [-0.1, -0.05) is 266 Å². The van der Waals surface area contributed by atoms with Crippen LogP contribution in [0.4, 0.5) is 0 Å². The second kappa shape index (κ2) is 61.9. The van der Waals surface area contributed by atoms with E-state index in [9.17, 15) is 14.4 Å². The molecule has 424 valence electrons. The highest BCUT2D eigenvalue weighted by Gasteiger charge is 2.19. The summed E-state index contributed by atoms with van der Waals surface area (Å²) in [7, 11) is 0.